The summed E-state index contributed by atoms with van der Waals surface area (Å²) in [5, 5.41) is 0. The Labute approximate surface area is 104 Å². The lowest BCUT2D eigenvalue weighted by atomic mass is 10.2. The molecule has 0 amide bonds. The highest BCUT2D eigenvalue weighted by molar-refractivity contribution is 9.10. The molecule has 0 saturated carbocycles. The topological polar surface area (TPSA) is 48.1 Å². The van der Waals surface area contributed by atoms with Gasteiger partial charge >= 0.3 is 0 Å². The predicted molar refractivity (Wildman–Crippen MR) is 62.8 cm³/mol. The van der Waals surface area contributed by atoms with E-state index < -0.39 is 11.6 Å². The molecule has 0 aliphatic heterocycles. The molecule has 0 aliphatic carbocycles. The van der Waals surface area contributed by atoms with Gasteiger partial charge in [-0.2, -0.15) is 4.39 Å². The first kappa shape index (κ1) is 11.8. The number of nitrogens with two attached hydrogens (primary N) is 1. The maximum atomic E-state index is 13.4. The molecule has 0 unspecified atom stereocenters. The first-order chi connectivity index (χ1) is 8.08. The zero-order chi connectivity index (χ0) is 12.4. The molecule has 1 aromatic heterocycles. The monoisotopic (exact) mass is 300 g/mol. The Morgan fingerprint density at radius 2 is 2.00 bits per heavy atom. The van der Waals surface area contributed by atoms with Gasteiger partial charge < -0.3 is 10.5 Å². The highest BCUT2D eigenvalue weighted by Crippen LogP contribution is 2.32. The number of hydrogen-bond donors (Lipinski definition) is 1. The molecule has 0 bridgehead atoms. The maximum Gasteiger partial charge on any atom is 0.203 e. The highest BCUT2D eigenvalue weighted by atomic mass is 79.9. The number of anilines is 1. The van der Waals surface area contributed by atoms with Crippen LogP contribution < -0.4 is 10.5 Å². The third-order valence-electron chi connectivity index (χ3n) is 1.98. The van der Waals surface area contributed by atoms with Gasteiger partial charge in [0.05, 0.1) is 11.9 Å². The summed E-state index contributed by atoms with van der Waals surface area (Å²) in [7, 11) is 0. The van der Waals surface area contributed by atoms with Crippen LogP contribution in [0.15, 0.2) is 35.1 Å². The fourth-order valence-corrected chi connectivity index (χ4v) is 1.56. The van der Waals surface area contributed by atoms with Gasteiger partial charge in [0.2, 0.25) is 5.82 Å². The third-order valence-corrected chi connectivity index (χ3v) is 2.41. The van der Waals surface area contributed by atoms with Crippen molar-refractivity contribution in [2.45, 2.75) is 0 Å². The van der Waals surface area contributed by atoms with Crippen molar-refractivity contribution in [2.75, 3.05) is 5.73 Å². The third kappa shape index (κ3) is 2.52. The number of pyridine rings is 1. The van der Waals surface area contributed by atoms with Gasteiger partial charge in [-0.15, -0.1) is 0 Å². The second kappa shape index (κ2) is 4.67. The van der Waals surface area contributed by atoms with Crippen LogP contribution >= 0.6 is 15.9 Å². The summed E-state index contributed by atoms with van der Waals surface area (Å²) in [5.74, 6) is -2.22. The van der Waals surface area contributed by atoms with E-state index in [9.17, 15) is 8.78 Å². The summed E-state index contributed by atoms with van der Waals surface area (Å²) in [6.07, 6.45) is 2.91. The molecular weight excluding hydrogens is 294 g/mol. The van der Waals surface area contributed by atoms with Crippen LogP contribution in [0.3, 0.4) is 0 Å². The van der Waals surface area contributed by atoms with Crippen LogP contribution in [0.5, 0.6) is 11.5 Å². The summed E-state index contributed by atoms with van der Waals surface area (Å²) in [6, 6.07) is 3.74. The number of ether oxygens (including phenoxy) is 1. The van der Waals surface area contributed by atoms with E-state index in [2.05, 4.69) is 20.9 Å². The highest BCUT2D eigenvalue weighted by Gasteiger charge is 2.14. The lowest BCUT2D eigenvalue weighted by molar-refractivity contribution is 0.417. The normalized spacial score (nSPS) is 10.3. The minimum atomic E-state index is -1.12. The van der Waals surface area contributed by atoms with Gasteiger partial charge in [-0.1, -0.05) is 0 Å². The van der Waals surface area contributed by atoms with Crippen LogP contribution in [0.1, 0.15) is 0 Å². The number of benzene rings is 1. The molecule has 0 spiro atoms. The van der Waals surface area contributed by atoms with Gasteiger partial charge in [0.1, 0.15) is 5.75 Å². The summed E-state index contributed by atoms with van der Waals surface area (Å²) in [6.45, 7) is 0. The van der Waals surface area contributed by atoms with Crippen molar-refractivity contribution < 1.29 is 13.5 Å². The lowest BCUT2D eigenvalue weighted by Gasteiger charge is -2.09. The molecule has 6 heteroatoms. The second-order valence-electron chi connectivity index (χ2n) is 3.22. The Morgan fingerprint density at radius 3 is 2.71 bits per heavy atom. The average molecular weight is 301 g/mol. The van der Waals surface area contributed by atoms with Crippen LogP contribution in [0.2, 0.25) is 0 Å². The molecule has 2 rings (SSSR count). The number of nitrogens with zero attached hydrogens (tertiary/aromatic N) is 1. The van der Waals surface area contributed by atoms with Gasteiger partial charge in [-0.25, -0.2) is 4.39 Å². The van der Waals surface area contributed by atoms with Gasteiger partial charge in [0, 0.05) is 10.7 Å². The van der Waals surface area contributed by atoms with Crippen molar-refractivity contribution in [2.24, 2.45) is 0 Å². The van der Waals surface area contributed by atoms with E-state index >= 15 is 0 Å². The number of aromatic nitrogens is 1. The molecule has 1 aromatic carbocycles. The van der Waals surface area contributed by atoms with Gasteiger partial charge in [0.25, 0.3) is 0 Å². The molecule has 0 aliphatic rings. The van der Waals surface area contributed by atoms with Crippen molar-refractivity contribution in [1.82, 2.24) is 4.98 Å². The number of hydrogen-bond acceptors (Lipinski definition) is 3. The summed E-state index contributed by atoms with van der Waals surface area (Å²) in [5.41, 5.74) is 5.53. The zero-order valence-electron chi connectivity index (χ0n) is 8.45. The molecule has 17 heavy (non-hydrogen) atoms. The van der Waals surface area contributed by atoms with Crippen molar-refractivity contribution >= 4 is 21.6 Å². The van der Waals surface area contributed by atoms with E-state index in [-0.39, 0.29) is 17.2 Å². The van der Waals surface area contributed by atoms with Crippen LogP contribution in [-0.2, 0) is 0 Å². The standard InChI is InChI=1S/C11H7BrF2N2O/c12-6-3-7(5-16-4-6)17-11-9(15)2-1-8(13)10(11)14/h1-5H,15H2. The predicted octanol–water partition coefficient (Wildman–Crippen LogP) is 3.50. The average Bonchev–Trinajstić information content (AvgIpc) is 2.30. The lowest BCUT2D eigenvalue weighted by Crippen LogP contribution is -1.98. The van der Waals surface area contributed by atoms with Crippen LogP contribution in [0.25, 0.3) is 0 Å². The molecule has 0 radical (unpaired) electrons. The molecule has 88 valence electrons. The van der Waals surface area contributed by atoms with Crippen LogP contribution in [0, 0.1) is 11.6 Å². The van der Waals surface area contributed by atoms with Crippen molar-refractivity contribution in [1.29, 1.82) is 0 Å². The molecule has 3 nitrogen and oxygen atoms in total. The molecular formula is C11H7BrF2N2O. The molecule has 2 N–H and O–H groups in total. The maximum absolute atomic E-state index is 13.4. The Bertz CT molecular complexity index is 563. The molecule has 1 heterocycles. The minimum Gasteiger partial charge on any atom is -0.450 e. The quantitative estimate of drug-likeness (QED) is 0.864. The summed E-state index contributed by atoms with van der Waals surface area (Å²) in [4.78, 5) is 3.83. The van der Waals surface area contributed by atoms with Crippen molar-refractivity contribution in [3.63, 3.8) is 0 Å². The van der Waals surface area contributed by atoms with E-state index in [0.717, 1.165) is 6.07 Å². The summed E-state index contributed by atoms with van der Waals surface area (Å²) < 4.78 is 32.3. The SMILES string of the molecule is Nc1ccc(F)c(F)c1Oc1cncc(Br)c1. The minimum absolute atomic E-state index is 0.0175. The fraction of sp³-hybridized carbons (Fsp3) is 0. The van der Waals surface area contributed by atoms with Gasteiger partial charge in [-0.05, 0) is 34.1 Å². The molecule has 0 atom stereocenters. The first-order valence-electron chi connectivity index (χ1n) is 4.60. The van der Waals surface area contributed by atoms with Crippen molar-refractivity contribution in [3.8, 4) is 11.5 Å². The Hall–Kier alpha value is -1.69. The van der Waals surface area contributed by atoms with E-state index in [4.69, 9.17) is 10.5 Å². The number of halogens is 3. The zero-order valence-corrected chi connectivity index (χ0v) is 10.0. The molecule has 0 fully saturated rings. The molecule has 0 saturated heterocycles. The largest absolute Gasteiger partial charge is 0.450 e. The Morgan fingerprint density at radius 1 is 1.24 bits per heavy atom. The Kier molecular flexibility index (Phi) is 3.23. The van der Waals surface area contributed by atoms with Crippen LogP contribution in [-0.4, -0.2) is 4.98 Å². The smallest absolute Gasteiger partial charge is 0.203 e. The Balaban J connectivity index is 2.39. The molecule has 2 aromatic rings. The number of nitrogen functional groups attached to an aromatic ring is 1. The van der Waals surface area contributed by atoms with Crippen LogP contribution in [0.4, 0.5) is 14.5 Å². The van der Waals surface area contributed by atoms with E-state index in [1.54, 1.807) is 6.07 Å². The van der Waals surface area contributed by atoms with E-state index in [1.165, 1.54) is 18.5 Å². The summed E-state index contributed by atoms with van der Waals surface area (Å²) >= 11 is 3.19. The van der Waals surface area contributed by atoms with E-state index in [0.29, 0.717) is 4.47 Å². The fourth-order valence-electron chi connectivity index (χ4n) is 1.22. The van der Waals surface area contributed by atoms with Crippen molar-refractivity contribution in [3.05, 3.63) is 46.7 Å². The van der Waals surface area contributed by atoms with Gasteiger partial charge in [0.15, 0.2) is 11.6 Å². The number of rotatable bonds is 2. The van der Waals surface area contributed by atoms with E-state index in [1.807, 2.05) is 0 Å². The first-order valence-corrected chi connectivity index (χ1v) is 5.39. The second-order valence-corrected chi connectivity index (χ2v) is 4.14. The van der Waals surface area contributed by atoms with Gasteiger partial charge in [-0.3, -0.25) is 4.98 Å².